The second-order valence-electron chi connectivity index (χ2n) is 4.14. The van der Waals surface area contributed by atoms with E-state index in [0.29, 0.717) is 24.6 Å². The van der Waals surface area contributed by atoms with Crippen molar-refractivity contribution in [2.45, 2.75) is 12.5 Å². The van der Waals surface area contributed by atoms with Crippen LogP contribution in [0.1, 0.15) is 16.8 Å². The molecule has 2 heterocycles. The molecule has 1 aromatic rings. The molecular formula is C11H15ClN4O2. The van der Waals surface area contributed by atoms with Gasteiger partial charge in [0, 0.05) is 19.2 Å². The van der Waals surface area contributed by atoms with Gasteiger partial charge in [-0.05, 0) is 18.6 Å². The van der Waals surface area contributed by atoms with Crippen molar-refractivity contribution < 1.29 is 9.53 Å². The van der Waals surface area contributed by atoms with Crippen LogP contribution in [0.15, 0.2) is 12.1 Å². The van der Waals surface area contributed by atoms with Crippen LogP contribution < -0.4 is 11.3 Å². The van der Waals surface area contributed by atoms with Gasteiger partial charge in [-0.15, -0.1) is 0 Å². The maximum atomic E-state index is 12.3. The number of rotatable bonds is 3. The average molecular weight is 271 g/mol. The van der Waals surface area contributed by atoms with Crippen LogP contribution in [-0.2, 0) is 4.74 Å². The highest BCUT2D eigenvalue weighted by Crippen LogP contribution is 2.18. The second-order valence-corrected chi connectivity index (χ2v) is 4.53. The van der Waals surface area contributed by atoms with Gasteiger partial charge in [-0.1, -0.05) is 11.6 Å². The number of amides is 1. The number of anilines is 1. The summed E-state index contributed by atoms with van der Waals surface area (Å²) in [6.07, 6.45) is 0.850. The van der Waals surface area contributed by atoms with Crippen LogP contribution in [-0.4, -0.2) is 42.1 Å². The van der Waals surface area contributed by atoms with Crippen molar-refractivity contribution >= 4 is 23.3 Å². The van der Waals surface area contributed by atoms with Gasteiger partial charge in [-0.2, -0.15) is 0 Å². The Morgan fingerprint density at radius 3 is 3.06 bits per heavy atom. The molecule has 0 radical (unpaired) electrons. The lowest BCUT2D eigenvalue weighted by molar-refractivity contribution is 0.0711. The van der Waals surface area contributed by atoms with E-state index in [4.69, 9.17) is 22.2 Å². The van der Waals surface area contributed by atoms with E-state index >= 15 is 0 Å². The Morgan fingerprint density at radius 1 is 1.67 bits per heavy atom. The van der Waals surface area contributed by atoms with E-state index in [9.17, 15) is 4.79 Å². The summed E-state index contributed by atoms with van der Waals surface area (Å²) in [5, 5.41) is 0.227. The van der Waals surface area contributed by atoms with Gasteiger partial charge in [0.2, 0.25) is 0 Å². The van der Waals surface area contributed by atoms with E-state index < -0.39 is 0 Å². The smallest absolute Gasteiger partial charge is 0.254 e. The molecule has 0 spiro atoms. The number of hydrazine groups is 1. The van der Waals surface area contributed by atoms with Crippen molar-refractivity contribution in [1.82, 2.24) is 9.88 Å². The van der Waals surface area contributed by atoms with Crippen LogP contribution in [0.2, 0.25) is 5.15 Å². The minimum atomic E-state index is -0.119. The van der Waals surface area contributed by atoms with Gasteiger partial charge in [-0.3, -0.25) is 4.79 Å². The second kappa shape index (κ2) is 5.51. The molecule has 1 atom stereocenters. The Labute approximate surface area is 110 Å². The minimum absolute atomic E-state index is 0.110. The molecule has 6 nitrogen and oxygen atoms in total. The zero-order valence-corrected chi connectivity index (χ0v) is 10.8. The molecule has 0 aromatic carbocycles. The summed E-state index contributed by atoms with van der Waals surface area (Å²) in [5.74, 6) is 5.51. The van der Waals surface area contributed by atoms with E-state index in [2.05, 4.69) is 10.4 Å². The zero-order valence-electron chi connectivity index (χ0n) is 10.0. The lowest BCUT2D eigenvalue weighted by atomic mass is 10.2. The van der Waals surface area contributed by atoms with Crippen molar-refractivity contribution in [1.29, 1.82) is 0 Å². The Bertz CT molecular complexity index is 449. The van der Waals surface area contributed by atoms with Crippen molar-refractivity contribution in [3.8, 4) is 0 Å². The number of ether oxygens (including phenoxy) is 1. The fraction of sp³-hybridized carbons (Fsp3) is 0.455. The first kappa shape index (κ1) is 13.1. The number of likely N-dealkylation sites (N-methyl/N-ethyl adjacent to an activating group) is 1. The molecule has 18 heavy (non-hydrogen) atoms. The molecule has 1 amide bonds. The first-order valence-corrected chi connectivity index (χ1v) is 5.98. The summed E-state index contributed by atoms with van der Waals surface area (Å²) >= 11 is 5.84. The maximum Gasteiger partial charge on any atom is 0.254 e. The van der Waals surface area contributed by atoms with Crippen LogP contribution in [0.3, 0.4) is 0 Å². The number of nitrogens with two attached hydrogens (primary N) is 1. The topological polar surface area (TPSA) is 80.5 Å². The van der Waals surface area contributed by atoms with Crippen LogP contribution in [0, 0.1) is 0 Å². The van der Waals surface area contributed by atoms with Crippen LogP contribution >= 0.6 is 11.6 Å². The van der Waals surface area contributed by atoms with Crippen LogP contribution in [0.5, 0.6) is 0 Å². The third-order valence-corrected chi connectivity index (χ3v) is 3.16. The molecule has 1 fully saturated rings. The number of nitrogen functional groups attached to an aromatic ring is 1. The van der Waals surface area contributed by atoms with E-state index in [1.54, 1.807) is 18.0 Å². The molecule has 1 aromatic heterocycles. The van der Waals surface area contributed by atoms with E-state index in [1.807, 2.05) is 0 Å². The fourth-order valence-corrected chi connectivity index (χ4v) is 2.10. The van der Waals surface area contributed by atoms with Crippen LogP contribution in [0.25, 0.3) is 0 Å². The van der Waals surface area contributed by atoms with Gasteiger partial charge in [0.05, 0.1) is 12.6 Å². The first-order chi connectivity index (χ1) is 8.61. The molecule has 1 aliphatic heterocycles. The zero-order chi connectivity index (χ0) is 13.1. The summed E-state index contributed by atoms with van der Waals surface area (Å²) in [7, 11) is 1.76. The Hall–Kier alpha value is -1.37. The molecule has 0 aliphatic carbocycles. The SMILES string of the molecule is CN(C(=O)c1cc(Cl)nc(NN)c1)C1CCOC1. The number of carbonyl (C=O) groups is 1. The molecule has 0 saturated carbocycles. The van der Waals surface area contributed by atoms with Crippen molar-refractivity contribution in [3.63, 3.8) is 0 Å². The molecule has 1 saturated heterocycles. The van der Waals surface area contributed by atoms with Gasteiger partial charge in [0.15, 0.2) is 0 Å². The normalized spacial score (nSPS) is 18.7. The maximum absolute atomic E-state index is 12.3. The third-order valence-electron chi connectivity index (χ3n) is 2.96. The average Bonchev–Trinajstić information content (AvgIpc) is 2.90. The minimum Gasteiger partial charge on any atom is -0.379 e. The largest absolute Gasteiger partial charge is 0.379 e. The van der Waals surface area contributed by atoms with Crippen molar-refractivity contribution in [2.24, 2.45) is 5.84 Å². The number of carbonyl (C=O) groups excluding carboxylic acids is 1. The number of nitrogens with zero attached hydrogens (tertiary/aromatic N) is 2. The number of hydrogen-bond acceptors (Lipinski definition) is 5. The van der Waals surface area contributed by atoms with E-state index in [-0.39, 0.29) is 17.1 Å². The Balaban J connectivity index is 2.19. The lowest BCUT2D eigenvalue weighted by Gasteiger charge is -2.23. The first-order valence-electron chi connectivity index (χ1n) is 5.61. The third kappa shape index (κ3) is 2.72. The molecule has 98 valence electrons. The predicted molar refractivity (Wildman–Crippen MR) is 68.4 cm³/mol. The van der Waals surface area contributed by atoms with E-state index in [0.717, 1.165) is 6.42 Å². The highest BCUT2D eigenvalue weighted by atomic mass is 35.5. The molecule has 0 bridgehead atoms. The monoisotopic (exact) mass is 270 g/mol. The highest BCUT2D eigenvalue weighted by molar-refractivity contribution is 6.29. The molecule has 3 N–H and O–H groups in total. The van der Waals surface area contributed by atoms with Gasteiger partial charge in [0.1, 0.15) is 11.0 Å². The summed E-state index contributed by atoms with van der Waals surface area (Å²) in [5.41, 5.74) is 2.84. The Morgan fingerprint density at radius 2 is 2.44 bits per heavy atom. The summed E-state index contributed by atoms with van der Waals surface area (Å²) in [6.45, 7) is 1.26. The number of pyridine rings is 1. The molecule has 1 unspecified atom stereocenters. The quantitative estimate of drug-likeness (QED) is 0.484. The van der Waals surface area contributed by atoms with E-state index in [1.165, 1.54) is 6.07 Å². The van der Waals surface area contributed by atoms with Crippen molar-refractivity contribution in [2.75, 3.05) is 25.7 Å². The Kier molecular flexibility index (Phi) is 4.00. The fourth-order valence-electron chi connectivity index (χ4n) is 1.89. The van der Waals surface area contributed by atoms with Gasteiger partial charge >= 0.3 is 0 Å². The van der Waals surface area contributed by atoms with Gasteiger partial charge < -0.3 is 15.1 Å². The molecule has 2 rings (SSSR count). The number of aromatic nitrogens is 1. The highest BCUT2D eigenvalue weighted by Gasteiger charge is 2.25. The molecule has 1 aliphatic rings. The number of nitrogens with one attached hydrogen (secondary N) is 1. The van der Waals surface area contributed by atoms with Gasteiger partial charge in [0.25, 0.3) is 5.91 Å². The van der Waals surface area contributed by atoms with Gasteiger partial charge in [-0.25, -0.2) is 10.8 Å². The summed E-state index contributed by atoms with van der Waals surface area (Å²) in [6, 6.07) is 3.20. The standard InChI is InChI=1S/C11H15ClN4O2/c1-16(8-2-3-18-6-8)11(17)7-4-9(12)14-10(5-7)15-13/h4-5,8H,2-3,6,13H2,1H3,(H,14,15). The summed E-state index contributed by atoms with van der Waals surface area (Å²) in [4.78, 5) is 17.9. The summed E-state index contributed by atoms with van der Waals surface area (Å²) < 4.78 is 5.27. The van der Waals surface area contributed by atoms with Crippen LogP contribution in [0.4, 0.5) is 5.82 Å². The predicted octanol–water partition coefficient (Wildman–Crippen LogP) is 0.882. The lowest BCUT2D eigenvalue weighted by Crippen LogP contribution is -2.37. The number of hydrogen-bond donors (Lipinski definition) is 2. The molecular weight excluding hydrogens is 256 g/mol. The number of halogens is 1. The van der Waals surface area contributed by atoms with Crippen molar-refractivity contribution in [3.05, 3.63) is 22.8 Å². The molecule has 7 heteroatoms.